The Hall–Kier alpha value is -1.51. The third-order valence-electron chi connectivity index (χ3n) is 4.69. The van der Waals surface area contributed by atoms with Gasteiger partial charge in [0.15, 0.2) is 17.5 Å². The van der Waals surface area contributed by atoms with Crippen molar-refractivity contribution in [2.24, 2.45) is 0 Å². The fourth-order valence-electron chi connectivity index (χ4n) is 3.18. The van der Waals surface area contributed by atoms with Crippen LogP contribution in [0.4, 0.5) is 13.2 Å². The molecular weight excluding hydrogens is 309 g/mol. The van der Waals surface area contributed by atoms with Crippen LogP contribution < -0.4 is 0 Å². The highest BCUT2D eigenvalue weighted by atomic mass is 19.2. The minimum Gasteiger partial charge on any atom is -0.204 e. The molecule has 3 heteroatoms. The van der Waals surface area contributed by atoms with E-state index in [1.165, 1.54) is 50.5 Å². The molecule has 0 radical (unpaired) electrons. The van der Waals surface area contributed by atoms with Gasteiger partial charge in [0.25, 0.3) is 0 Å². The Balaban J connectivity index is 1.81. The molecule has 132 valence electrons. The van der Waals surface area contributed by atoms with Gasteiger partial charge < -0.3 is 0 Å². The molecule has 0 heterocycles. The zero-order valence-electron chi connectivity index (χ0n) is 14.5. The lowest BCUT2D eigenvalue weighted by Gasteiger charge is -2.15. The summed E-state index contributed by atoms with van der Waals surface area (Å²) in [5, 5.41) is 0. The van der Waals surface area contributed by atoms with Crippen LogP contribution >= 0.6 is 0 Å². The Morgan fingerprint density at radius 3 is 2.00 bits per heavy atom. The van der Waals surface area contributed by atoms with Gasteiger partial charge in [-0.3, -0.25) is 0 Å². The van der Waals surface area contributed by atoms with Crippen LogP contribution in [0.1, 0.15) is 76.7 Å². The third kappa shape index (κ3) is 5.54. The fourth-order valence-corrected chi connectivity index (χ4v) is 3.18. The number of benzene rings is 1. The highest BCUT2D eigenvalue weighted by Crippen LogP contribution is 2.30. The van der Waals surface area contributed by atoms with Crippen molar-refractivity contribution in [3.63, 3.8) is 0 Å². The van der Waals surface area contributed by atoms with E-state index < -0.39 is 17.5 Å². The van der Waals surface area contributed by atoms with Crippen molar-refractivity contribution < 1.29 is 13.2 Å². The number of allylic oxidation sites excluding steroid dienone is 4. The number of halogens is 3. The summed E-state index contributed by atoms with van der Waals surface area (Å²) < 4.78 is 39.7. The molecule has 0 aromatic heterocycles. The molecule has 0 unspecified atom stereocenters. The average Bonchev–Trinajstić information content (AvgIpc) is 2.59. The van der Waals surface area contributed by atoms with Gasteiger partial charge in [0, 0.05) is 0 Å². The molecular formula is C21H27F3. The summed E-state index contributed by atoms with van der Waals surface area (Å²) in [5.41, 5.74) is 2.71. The van der Waals surface area contributed by atoms with Crippen LogP contribution in [0.3, 0.4) is 0 Å². The minimum atomic E-state index is -1.40. The van der Waals surface area contributed by atoms with Gasteiger partial charge in [-0.15, -0.1) is 0 Å². The van der Waals surface area contributed by atoms with Crippen molar-refractivity contribution in [1.29, 1.82) is 0 Å². The summed E-state index contributed by atoms with van der Waals surface area (Å²) in [5.74, 6) is -3.64. The minimum absolute atomic E-state index is 0.442. The maximum absolute atomic E-state index is 13.3. The molecule has 1 aromatic rings. The molecule has 1 aromatic carbocycles. The van der Waals surface area contributed by atoms with Crippen molar-refractivity contribution in [2.45, 2.75) is 71.1 Å². The first-order valence-corrected chi connectivity index (χ1v) is 9.15. The largest absolute Gasteiger partial charge is 0.204 e. The van der Waals surface area contributed by atoms with E-state index in [0.29, 0.717) is 5.56 Å². The fraction of sp³-hybridized carbons (Fsp3) is 0.524. The Morgan fingerprint density at radius 1 is 0.792 bits per heavy atom. The number of rotatable bonds is 9. The molecule has 0 nitrogen and oxygen atoms in total. The molecule has 1 aliphatic carbocycles. The Morgan fingerprint density at radius 2 is 1.42 bits per heavy atom. The van der Waals surface area contributed by atoms with Crippen LogP contribution in [0, 0.1) is 17.5 Å². The molecule has 24 heavy (non-hydrogen) atoms. The predicted octanol–water partition coefficient (Wildman–Crippen LogP) is 7.35. The second-order valence-corrected chi connectivity index (χ2v) is 6.64. The molecule has 0 fully saturated rings. The van der Waals surface area contributed by atoms with E-state index in [4.69, 9.17) is 0 Å². The van der Waals surface area contributed by atoms with E-state index in [-0.39, 0.29) is 0 Å². The van der Waals surface area contributed by atoms with E-state index in [1.54, 1.807) is 0 Å². The van der Waals surface area contributed by atoms with Crippen LogP contribution in [0.25, 0.3) is 5.57 Å². The summed E-state index contributed by atoms with van der Waals surface area (Å²) in [6, 6.07) is 2.17. The second kappa shape index (κ2) is 9.71. The average molecular weight is 336 g/mol. The zero-order valence-corrected chi connectivity index (χ0v) is 14.5. The number of hydrogen-bond donors (Lipinski definition) is 0. The standard InChI is InChI=1S/C21H27F3/c1-2-3-4-5-6-7-8-9-16-10-12-17(13-11-16)18-14-19(22)21(24)20(23)15-18/h10,12,14-15H,2-9,11,13H2,1H3. The second-order valence-electron chi connectivity index (χ2n) is 6.64. The highest BCUT2D eigenvalue weighted by molar-refractivity contribution is 5.68. The molecule has 0 bridgehead atoms. The summed E-state index contributed by atoms with van der Waals surface area (Å²) in [7, 11) is 0. The van der Waals surface area contributed by atoms with Gasteiger partial charge in [-0.1, -0.05) is 63.2 Å². The van der Waals surface area contributed by atoms with Gasteiger partial charge >= 0.3 is 0 Å². The first kappa shape index (κ1) is 18.8. The Kier molecular flexibility index (Phi) is 7.61. The van der Waals surface area contributed by atoms with Crippen LogP contribution in [-0.4, -0.2) is 0 Å². The van der Waals surface area contributed by atoms with Gasteiger partial charge in [0.2, 0.25) is 0 Å². The van der Waals surface area contributed by atoms with Crippen molar-refractivity contribution in [1.82, 2.24) is 0 Å². The highest BCUT2D eigenvalue weighted by Gasteiger charge is 2.14. The lowest BCUT2D eigenvalue weighted by atomic mass is 9.90. The van der Waals surface area contributed by atoms with Crippen LogP contribution in [0.5, 0.6) is 0 Å². The van der Waals surface area contributed by atoms with Crippen LogP contribution in [0.15, 0.2) is 29.9 Å². The van der Waals surface area contributed by atoms with E-state index in [2.05, 4.69) is 13.0 Å². The molecule has 0 saturated carbocycles. The van der Waals surface area contributed by atoms with Crippen molar-refractivity contribution in [3.05, 3.63) is 52.9 Å². The molecule has 0 spiro atoms. The molecule has 2 rings (SSSR count). The topological polar surface area (TPSA) is 0 Å². The lowest BCUT2D eigenvalue weighted by molar-refractivity contribution is 0.446. The normalized spacial score (nSPS) is 14.5. The summed E-state index contributed by atoms with van der Waals surface area (Å²) >= 11 is 0. The smallest absolute Gasteiger partial charge is 0.194 e. The van der Waals surface area contributed by atoms with Crippen molar-refractivity contribution in [2.75, 3.05) is 0 Å². The third-order valence-corrected chi connectivity index (χ3v) is 4.69. The van der Waals surface area contributed by atoms with E-state index in [9.17, 15) is 13.2 Å². The molecule has 0 saturated heterocycles. The molecule has 0 atom stereocenters. The van der Waals surface area contributed by atoms with E-state index in [1.807, 2.05) is 6.08 Å². The van der Waals surface area contributed by atoms with E-state index >= 15 is 0 Å². The molecule has 0 aliphatic heterocycles. The lowest BCUT2D eigenvalue weighted by Crippen LogP contribution is -1.98. The number of unbranched alkanes of at least 4 members (excludes halogenated alkanes) is 6. The first-order valence-electron chi connectivity index (χ1n) is 9.15. The quantitative estimate of drug-likeness (QED) is 0.327. The maximum atomic E-state index is 13.3. The first-order chi connectivity index (χ1) is 11.6. The molecule has 1 aliphatic rings. The number of hydrogen-bond acceptors (Lipinski definition) is 0. The Labute approximate surface area is 143 Å². The maximum Gasteiger partial charge on any atom is 0.194 e. The van der Waals surface area contributed by atoms with Crippen LogP contribution in [0.2, 0.25) is 0 Å². The monoisotopic (exact) mass is 336 g/mol. The van der Waals surface area contributed by atoms with Gasteiger partial charge in [0.1, 0.15) is 0 Å². The predicted molar refractivity (Wildman–Crippen MR) is 94.2 cm³/mol. The molecule has 0 N–H and O–H groups in total. The van der Waals surface area contributed by atoms with Gasteiger partial charge in [-0.25, -0.2) is 13.2 Å². The molecule has 0 amide bonds. The van der Waals surface area contributed by atoms with Gasteiger partial charge in [-0.2, -0.15) is 0 Å². The van der Waals surface area contributed by atoms with Crippen LogP contribution in [-0.2, 0) is 0 Å². The SMILES string of the molecule is CCCCCCCCCC1=CC=C(c2cc(F)c(F)c(F)c2)CC1. The van der Waals surface area contributed by atoms with E-state index in [0.717, 1.165) is 37.0 Å². The van der Waals surface area contributed by atoms with Gasteiger partial charge in [0.05, 0.1) is 0 Å². The van der Waals surface area contributed by atoms with Crippen molar-refractivity contribution >= 4 is 5.57 Å². The van der Waals surface area contributed by atoms with Crippen molar-refractivity contribution in [3.8, 4) is 0 Å². The Bertz CT molecular complexity index is 576. The zero-order chi connectivity index (χ0) is 17.4. The van der Waals surface area contributed by atoms with Gasteiger partial charge in [-0.05, 0) is 49.0 Å². The summed E-state index contributed by atoms with van der Waals surface area (Å²) in [6.45, 7) is 2.23. The summed E-state index contributed by atoms with van der Waals surface area (Å²) in [6.07, 6.45) is 15.8. The summed E-state index contributed by atoms with van der Waals surface area (Å²) in [4.78, 5) is 0.